The molecule has 1 saturated carbocycles. The van der Waals surface area contributed by atoms with Crippen molar-refractivity contribution in [3.05, 3.63) is 126 Å². The van der Waals surface area contributed by atoms with Crippen LogP contribution in [0.1, 0.15) is 100 Å². The quantitative estimate of drug-likeness (QED) is 0.0482. The van der Waals surface area contributed by atoms with Gasteiger partial charge in [0.2, 0.25) is 0 Å². The molecule has 3 aromatic heterocycles. The normalized spacial score (nSPS) is 19.8. The molecular formula is C54H61Cl2N7O8S2. The Morgan fingerprint density at radius 1 is 1.00 bits per heavy atom. The summed E-state index contributed by atoms with van der Waals surface area (Å²) in [4.78, 5) is 38.5. The van der Waals surface area contributed by atoms with E-state index in [2.05, 4.69) is 55.1 Å². The van der Waals surface area contributed by atoms with Gasteiger partial charge in [0.25, 0.3) is 21.6 Å². The van der Waals surface area contributed by atoms with Crippen molar-refractivity contribution in [1.82, 2.24) is 19.6 Å². The molecule has 0 atom stereocenters. The fourth-order valence-corrected chi connectivity index (χ4v) is 12.8. The number of ether oxygens (including phenoxy) is 1. The molecule has 6 aromatic rings. The topological polar surface area (TPSA) is 203 Å². The molecule has 1 amide bonds. The van der Waals surface area contributed by atoms with Gasteiger partial charge in [0, 0.05) is 79.1 Å². The minimum atomic E-state index is -4.61. The Balaban J connectivity index is 0.917. The number of H-pyrrole nitrogens is 1. The SMILES string of the molecule is CC1(C)CCC(CN2CCN(c3ccc(C(=O)NS(=O)(=O)c4ccc(NC[C@H]5CC[C@](C)(O)CC5)c([N+](=O)[O-])c4)c(Oc4cnc5[nH]ccc5c4)c3)CC2)=C(c2cc(-c3c(Cl)cc(C(C)(C)O)cc3Cl)cs2)C1. The highest BCUT2D eigenvalue weighted by Gasteiger charge is 2.33. The van der Waals surface area contributed by atoms with Gasteiger partial charge < -0.3 is 30.2 Å². The lowest BCUT2D eigenvalue weighted by molar-refractivity contribution is -0.384. The summed E-state index contributed by atoms with van der Waals surface area (Å²) < 4.78 is 36.1. The molecule has 5 N–H and O–H groups in total. The number of benzene rings is 3. The maximum atomic E-state index is 14.1. The van der Waals surface area contributed by atoms with E-state index >= 15 is 0 Å². The molecule has 73 heavy (non-hydrogen) atoms. The molecule has 0 radical (unpaired) electrons. The van der Waals surface area contributed by atoms with Gasteiger partial charge >= 0.3 is 0 Å². The number of rotatable bonds is 15. The van der Waals surface area contributed by atoms with Crippen molar-refractivity contribution < 1.29 is 33.1 Å². The summed E-state index contributed by atoms with van der Waals surface area (Å²) in [5, 5.41) is 40.1. The Labute approximate surface area is 439 Å². The van der Waals surface area contributed by atoms with Crippen LogP contribution in [0.2, 0.25) is 10.0 Å². The van der Waals surface area contributed by atoms with Crippen molar-refractivity contribution >= 4 is 84.1 Å². The first kappa shape index (κ1) is 52.3. The van der Waals surface area contributed by atoms with E-state index in [4.69, 9.17) is 27.9 Å². The van der Waals surface area contributed by atoms with E-state index in [1.54, 1.807) is 68.6 Å². The molecule has 1 aliphatic heterocycles. The van der Waals surface area contributed by atoms with E-state index in [0.29, 0.717) is 59.5 Å². The highest BCUT2D eigenvalue weighted by Crippen LogP contribution is 2.47. The number of halogens is 2. The van der Waals surface area contributed by atoms with Crippen LogP contribution in [0.3, 0.4) is 0 Å². The van der Waals surface area contributed by atoms with Crippen molar-refractivity contribution in [3.63, 3.8) is 0 Å². The molecule has 19 heteroatoms. The monoisotopic (exact) mass is 1070 g/mol. The zero-order valence-electron chi connectivity index (χ0n) is 41.6. The summed E-state index contributed by atoms with van der Waals surface area (Å²) in [6.45, 7) is 14.0. The molecule has 0 spiro atoms. The van der Waals surface area contributed by atoms with E-state index in [0.717, 1.165) is 80.0 Å². The number of nitro groups is 1. The van der Waals surface area contributed by atoms with Gasteiger partial charge in [-0.05, 0) is 154 Å². The first-order chi connectivity index (χ1) is 34.5. The van der Waals surface area contributed by atoms with E-state index < -0.39 is 42.6 Å². The number of nitro benzene ring substituents is 1. The van der Waals surface area contributed by atoms with Crippen LogP contribution in [0.5, 0.6) is 11.5 Å². The number of aromatic nitrogens is 2. The predicted molar refractivity (Wildman–Crippen MR) is 290 cm³/mol. The highest BCUT2D eigenvalue weighted by molar-refractivity contribution is 7.90. The molecule has 1 saturated heterocycles. The van der Waals surface area contributed by atoms with Gasteiger partial charge in [-0.2, -0.15) is 0 Å². The summed E-state index contributed by atoms with van der Waals surface area (Å²) in [5.41, 5.74) is 4.52. The van der Waals surface area contributed by atoms with Gasteiger partial charge in [-0.3, -0.25) is 19.8 Å². The number of nitrogens with one attached hydrogen (secondary N) is 3. The minimum Gasteiger partial charge on any atom is -0.455 e. The average molecular weight is 1070 g/mol. The maximum absolute atomic E-state index is 14.1. The molecule has 9 rings (SSSR count). The number of aliphatic hydroxyl groups is 2. The first-order valence-electron chi connectivity index (χ1n) is 24.6. The summed E-state index contributed by atoms with van der Waals surface area (Å²) in [6.07, 6.45) is 9.01. The largest absolute Gasteiger partial charge is 0.455 e. The van der Waals surface area contributed by atoms with Crippen LogP contribution in [-0.4, -0.2) is 89.2 Å². The lowest BCUT2D eigenvalue weighted by Gasteiger charge is -2.39. The summed E-state index contributed by atoms with van der Waals surface area (Å²) in [7, 11) is -4.61. The van der Waals surface area contributed by atoms with Gasteiger partial charge in [0.1, 0.15) is 22.8 Å². The van der Waals surface area contributed by atoms with Crippen LogP contribution in [0.25, 0.3) is 27.7 Å². The second-order valence-electron chi connectivity index (χ2n) is 21.3. The second kappa shape index (κ2) is 20.6. The number of carbonyl (C=O) groups excluding carboxylic acids is 1. The Kier molecular flexibility index (Phi) is 14.8. The number of fused-ring (bicyclic) bond motifs is 1. The smallest absolute Gasteiger partial charge is 0.293 e. The summed E-state index contributed by atoms with van der Waals surface area (Å²) in [5.74, 6) is -0.359. The highest BCUT2D eigenvalue weighted by atomic mass is 35.5. The van der Waals surface area contributed by atoms with E-state index in [1.807, 2.05) is 6.07 Å². The van der Waals surface area contributed by atoms with Crippen LogP contribution in [-0.2, 0) is 15.6 Å². The molecule has 0 bridgehead atoms. The zero-order chi connectivity index (χ0) is 52.0. The number of pyridine rings is 1. The number of piperazine rings is 1. The molecule has 4 heterocycles. The Bertz CT molecular complexity index is 3190. The van der Waals surface area contributed by atoms with Crippen molar-refractivity contribution in [1.29, 1.82) is 0 Å². The number of hydrogen-bond acceptors (Lipinski definition) is 13. The third kappa shape index (κ3) is 12.0. The van der Waals surface area contributed by atoms with Crippen LogP contribution < -0.4 is 19.7 Å². The fraction of sp³-hybridized carbons (Fsp3) is 0.407. The lowest BCUT2D eigenvalue weighted by atomic mass is 9.73. The van der Waals surface area contributed by atoms with E-state index in [-0.39, 0.29) is 28.3 Å². The average Bonchev–Trinajstić information content (AvgIpc) is 4.01. The third-order valence-electron chi connectivity index (χ3n) is 14.6. The number of allylic oxidation sites excluding steroid dienone is 1. The van der Waals surface area contributed by atoms with Crippen LogP contribution in [0, 0.1) is 21.4 Å². The predicted octanol–water partition coefficient (Wildman–Crippen LogP) is 11.8. The molecule has 386 valence electrons. The molecule has 3 aliphatic rings. The maximum Gasteiger partial charge on any atom is 0.293 e. The lowest BCUT2D eigenvalue weighted by Crippen LogP contribution is -2.47. The number of carbonyl (C=O) groups is 1. The van der Waals surface area contributed by atoms with Gasteiger partial charge in [0.05, 0.1) is 42.8 Å². The molecule has 2 aliphatic carbocycles. The van der Waals surface area contributed by atoms with Crippen LogP contribution >= 0.6 is 34.5 Å². The molecule has 2 fully saturated rings. The molecule has 0 unspecified atom stereocenters. The standard InChI is InChI=1S/C54H61Cl2N7O8S2/c1-52(2)14-12-35(42(28-52)48-23-36(32-72-48)49-43(55)24-37(25-44(49)56)53(3,4)65)31-61-18-20-62(21-19-61)38-6-8-41(47(26-38)71-39-22-34-13-17-57-50(34)59-30-39)51(64)60-73(69,70)40-7-9-45(46(27-40)63(67)68)58-29-33-10-15-54(5,66)16-11-33/h6-9,13,17,22-27,30,32-33,58,65-66H,10-12,14-16,18-21,28-29,31H2,1-5H3,(H,57,59)(H,60,64)/t33-,54-. The van der Waals surface area contributed by atoms with Crippen molar-refractivity contribution in [2.75, 3.05) is 49.5 Å². The van der Waals surface area contributed by atoms with Crippen molar-refractivity contribution in [2.24, 2.45) is 11.3 Å². The number of nitrogens with zero attached hydrogens (tertiary/aromatic N) is 4. The van der Waals surface area contributed by atoms with E-state index in [9.17, 15) is 33.5 Å². The first-order valence-corrected chi connectivity index (χ1v) is 27.7. The minimum absolute atomic E-state index is 0.0635. The van der Waals surface area contributed by atoms with Gasteiger partial charge in [-0.15, -0.1) is 11.3 Å². The van der Waals surface area contributed by atoms with Crippen LogP contribution in [0.4, 0.5) is 17.1 Å². The Morgan fingerprint density at radius 3 is 2.42 bits per heavy atom. The summed E-state index contributed by atoms with van der Waals surface area (Å²) >= 11 is 15.3. The number of sulfonamides is 1. The third-order valence-corrected chi connectivity index (χ3v) is 17.5. The Morgan fingerprint density at radius 2 is 1.73 bits per heavy atom. The number of thiophene rings is 1. The number of amides is 1. The van der Waals surface area contributed by atoms with Gasteiger partial charge in [-0.1, -0.05) is 42.6 Å². The fourth-order valence-electron chi connectivity index (χ4n) is 10.1. The second-order valence-corrected chi connectivity index (χ2v) is 24.7. The zero-order valence-corrected chi connectivity index (χ0v) is 44.7. The molecule has 3 aromatic carbocycles. The number of aromatic amines is 1. The van der Waals surface area contributed by atoms with Gasteiger partial charge in [-0.25, -0.2) is 18.1 Å². The van der Waals surface area contributed by atoms with Crippen molar-refractivity contribution in [2.45, 2.75) is 95.7 Å². The van der Waals surface area contributed by atoms with Crippen molar-refractivity contribution in [3.8, 4) is 22.6 Å². The van der Waals surface area contributed by atoms with Crippen LogP contribution in [0.15, 0.2) is 95.0 Å². The number of hydrogen-bond donors (Lipinski definition) is 5. The summed E-state index contributed by atoms with van der Waals surface area (Å²) in [6, 6.07) is 17.9. The Hall–Kier alpha value is -5.53. The molecular weight excluding hydrogens is 1010 g/mol. The van der Waals surface area contributed by atoms with Gasteiger partial charge in [0.15, 0.2) is 0 Å². The number of anilines is 2. The molecule has 15 nitrogen and oxygen atoms in total. The van der Waals surface area contributed by atoms with E-state index in [1.165, 1.54) is 40.4 Å².